The van der Waals surface area contributed by atoms with Crippen LogP contribution in [0.25, 0.3) is 11.0 Å². The number of furan rings is 1. The number of nitrogens with one attached hydrogen (secondary N) is 1. The van der Waals surface area contributed by atoms with Crippen molar-refractivity contribution in [3.05, 3.63) is 36.1 Å². The van der Waals surface area contributed by atoms with Gasteiger partial charge in [0.15, 0.2) is 0 Å². The van der Waals surface area contributed by atoms with E-state index in [-0.39, 0.29) is 25.0 Å². The summed E-state index contributed by atoms with van der Waals surface area (Å²) in [6, 6.07) is 9.51. The number of amides is 1. The molecule has 4 nitrogen and oxygen atoms in total. The van der Waals surface area contributed by atoms with E-state index in [0.29, 0.717) is 5.76 Å². The summed E-state index contributed by atoms with van der Waals surface area (Å²) in [5.74, 6) is 0.147. The van der Waals surface area contributed by atoms with Gasteiger partial charge in [0.25, 0.3) is 0 Å². The van der Waals surface area contributed by atoms with Gasteiger partial charge in [-0.2, -0.15) is 0 Å². The molecular weight excluding hydrogens is 218 g/mol. The van der Waals surface area contributed by atoms with Crippen LogP contribution in [0.15, 0.2) is 34.7 Å². The molecular formula is C13H15NO3. The Balaban J connectivity index is 2.18. The molecule has 2 aromatic rings. The molecule has 2 rings (SSSR count). The average Bonchev–Trinajstić information content (AvgIpc) is 2.78. The van der Waals surface area contributed by atoms with Crippen molar-refractivity contribution >= 4 is 16.9 Å². The van der Waals surface area contributed by atoms with E-state index in [4.69, 9.17) is 9.52 Å². The van der Waals surface area contributed by atoms with E-state index in [1.165, 1.54) is 0 Å². The van der Waals surface area contributed by atoms with Crippen LogP contribution in [0.5, 0.6) is 0 Å². The predicted molar refractivity (Wildman–Crippen MR) is 64.7 cm³/mol. The van der Waals surface area contributed by atoms with Crippen LogP contribution in [0.4, 0.5) is 0 Å². The minimum absolute atomic E-state index is 0.0570. The summed E-state index contributed by atoms with van der Waals surface area (Å²) >= 11 is 0. The Bertz CT molecular complexity index is 485. The lowest BCUT2D eigenvalue weighted by molar-refractivity contribution is -0.122. The smallest absolute Gasteiger partial charge is 0.230 e. The van der Waals surface area contributed by atoms with Crippen molar-refractivity contribution in [2.24, 2.45) is 0 Å². The van der Waals surface area contributed by atoms with E-state index < -0.39 is 0 Å². The third-order valence-electron chi connectivity index (χ3n) is 2.68. The Labute approximate surface area is 99.2 Å². The van der Waals surface area contributed by atoms with Gasteiger partial charge in [0.2, 0.25) is 5.91 Å². The molecule has 1 atom stereocenters. The summed E-state index contributed by atoms with van der Waals surface area (Å²) in [6.07, 6.45) is 0. The molecule has 0 radical (unpaired) electrons. The average molecular weight is 233 g/mol. The third kappa shape index (κ3) is 2.47. The van der Waals surface area contributed by atoms with Gasteiger partial charge in [-0.1, -0.05) is 18.2 Å². The minimum Gasteiger partial charge on any atom is -0.460 e. The van der Waals surface area contributed by atoms with Gasteiger partial charge in [0.05, 0.1) is 12.5 Å². The number of para-hydroxylation sites is 1. The zero-order chi connectivity index (χ0) is 12.3. The fourth-order valence-corrected chi connectivity index (χ4v) is 1.68. The second-order valence-corrected chi connectivity index (χ2v) is 3.92. The first-order chi connectivity index (χ1) is 8.22. The molecule has 0 aliphatic carbocycles. The fraction of sp³-hybridized carbons (Fsp3) is 0.308. The molecule has 1 unspecified atom stereocenters. The van der Waals surface area contributed by atoms with Crippen molar-refractivity contribution in [1.29, 1.82) is 0 Å². The van der Waals surface area contributed by atoms with Crippen LogP contribution in [0, 0.1) is 0 Å². The highest BCUT2D eigenvalue weighted by Gasteiger charge is 2.18. The molecule has 1 aromatic heterocycles. The SMILES string of the molecule is CC(C(=O)NCCO)c1cc2ccccc2o1. The molecule has 1 amide bonds. The maximum atomic E-state index is 11.7. The number of carbonyl (C=O) groups is 1. The normalized spacial score (nSPS) is 12.6. The Hall–Kier alpha value is -1.81. The Morgan fingerprint density at radius 2 is 2.24 bits per heavy atom. The number of rotatable bonds is 4. The van der Waals surface area contributed by atoms with Crippen molar-refractivity contribution in [1.82, 2.24) is 5.32 Å². The van der Waals surface area contributed by atoms with Gasteiger partial charge >= 0.3 is 0 Å². The Kier molecular flexibility index (Phi) is 3.44. The van der Waals surface area contributed by atoms with Crippen LogP contribution in [0.2, 0.25) is 0 Å². The van der Waals surface area contributed by atoms with Crippen LogP contribution < -0.4 is 5.32 Å². The quantitative estimate of drug-likeness (QED) is 0.844. The van der Waals surface area contributed by atoms with Crippen LogP contribution in [-0.4, -0.2) is 24.2 Å². The van der Waals surface area contributed by atoms with Crippen LogP contribution in [0.3, 0.4) is 0 Å². The molecule has 0 aliphatic rings. The van der Waals surface area contributed by atoms with Crippen molar-refractivity contribution < 1.29 is 14.3 Å². The number of fused-ring (bicyclic) bond motifs is 1. The van der Waals surface area contributed by atoms with Gasteiger partial charge in [-0.25, -0.2) is 0 Å². The number of benzene rings is 1. The summed E-state index contributed by atoms with van der Waals surface area (Å²) in [4.78, 5) is 11.7. The van der Waals surface area contributed by atoms with Crippen LogP contribution in [-0.2, 0) is 4.79 Å². The Morgan fingerprint density at radius 1 is 1.47 bits per heavy atom. The lowest BCUT2D eigenvalue weighted by Gasteiger charge is -2.08. The van der Waals surface area contributed by atoms with Gasteiger partial charge in [-0.15, -0.1) is 0 Å². The largest absolute Gasteiger partial charge is 0.460 e. The third-order valence-corrected chi connectivity index (χ3v) is 2.68. The van der Waals surface area contributed by atoms with Crippen molar-refractivity contribution in [3.63, 3.8) is 0 Å². The number of carbonyl (C=O) groups excluding carboxylic acids is 1. The molecule has 1 heterocycles. The molecule has 4 heteroatoms. The number of aliphatic hydroxyl groups is 1. The fourth-order valence-electron chi connectivity index (χ4n) is 1.68. The van der Waals surface area contributed by atoms with Crippen LogP contribution in [0.1, 0.15) is 18.6 Å². The highest BCUT2D eigenvalue weighted by Crippen LogP contribution is 2.24. The first-order valence-electron chi connectivity index (χ1n) is 5.59. The predicted octanol–water partition coefficient (Wildman–Crippen LogP) is 1.64. The van der Waals surface area contributed by atoms with Crippen LogP contribution >= 0.6 is 0 Å². The zero-order valence-electron chi connectivity index (χ0n) is 9.64. The second kappa shape index (κ2) is 5.01. The molecule has 0 aliphatic heterocycles. The van der Waals surface area contributed by atoms with Gasteiger partial charge in [-0.05, 0) is 19.1 Å². The molecule has 0 fully saturated rings. The van der Waals surface area contributed by atoms with E-state index in [1.807, 2.05) is 30.3 Å². The highest BCUT2D eigenvalue weighted by molar-refractivity contribution is 5.85. The van der Waals surface area contributed by atoms with Gasteiger partial charge in [-0.3, -0.25) is 4.79 Å². The van der Waals surface area contributed by atoms with E-state index in [0.717, 1.165) is 11.0 Å². The van der Waals surface area contributed by atoms with Gasteiger partial charge in [0, 0.05) is 11.9 Å². The van der Waals surface area contributed by atoms with E-state index in [2.05, 4.69) is 5.32 Å². The van der Waals surface area contributed by atoms with Crippen molar-refractivity contribution in [2.45, 2.75) is 12.8 Å². The number of hydrogen-bond donors (Lipinski definition) is 2. The van der Waals surface area contributed by atoms with Crippen molar-refractivity contribution in [3.8, 4) is 0 Å². The van der Waals surface area contributed by atoms with E-state index >= 15 is 0 Å². The second-order valence-electron chi connectivity index (χ2n) is 3.92. The number of hydrogen-bond acceptors (Lipinski definition) is 3. The van der Waals surface area contributed by atoms with Gasteiger partial charge < -0.3 is 14.8 Å². The first kappa shape index (κ1) is 11.7. The molecule has 0 spiro atoms. The first-order valence-corrected chi connectivity index (χ1v) is 5.59. The lowest BCUT2D eigenvalue weighted by atomic mass is 10.1. The lowest BCUT2D eigenvalue weighted by Crippen LogP contribution is -2.30. The highest BCUT2D eigenvalue weighted by atomic mass is 16.3. The summed E-state index contributed by atoms with van der Waals surface area (Å²) in [6.45, 7) is 1.99. The molecule has 0 saturated carbocycles. The molecule has 90 valence electrons. The maximum Gasteiger partial charge on any atom is 0.230 e. The summed E-state index contributed by atoms with van der Waals surface area (Å²) in [5, 5.41) is 12.3. The summed E-state index contributed by atoms with van der Waals surface area (Å²) in [5.41, 5.74) is 0.782. The maximum absolute atomic E-state index is 11.7. The standard InChI is InChI=1S/C13H15NO3/c1-9(13(16)14-6-7-15)12-8-10-4-2-3-5-11(10)17-12/h2-5,8-9,15H,6-7H2,1H3,(H,14,16). The monoisotopic (exact) mass is 233 g/mol. The summed E-state index contributed by atoms with van der Waals surface area (Å²) in [7, 11) is 0. The van der Waals surface area contributed by atoms with Crippen molar-refractivity contribution in [2.75, 3.05) is 13.2 Å². The molecule has 2 N–H and O–H groups in total. The topological polar surface area (TPSA) is 62.5 Å². The van der Waals surface area contributed by atoms with E-state index in [1.54, 1.807) is 6.92 Å². The zero-order valence-corrected chi connectivity index (χ0v) is 9.64. The molecule has 1 aromatic carbocycles. The Morgan fingerprint density at radius 3 is 2.94 bits per heavy atom. The minimum atomic E-state index is -0.353. The summed E-state index contributed by atoms with van der Waals surface area (Å²) < 4.78 is 5.61. The molecule has 0 bridgehead atoms. The van der Waals surface area contributed by atoms with E-state index in [9.17, 15) is 4.79 Å². The molecule has 0 saturated heterocycles. The number of aliphatic hydroxyl groups excluding tert-OH is 1. The van der Waals surface area contributed by atoms with Gasteiger partial charge in [0.1, 0.15) is 11.3 Å². The molecule has 17 heavy (non-hydrogen) atoms.